The van der Waals surface area contributed by atoms with Crippen LogP contribution in [0.4, 0.5) is 0 Å². The predicted molar refractivity (Wildman–Crippen MR) is 107 cm³/mol. The van der Waals surface area contributed by atoms with Crippen LogP contribution in [0.15, 0.2) is 0 Å². The molecule has 0 aromatic rings. The third-order valence-corrected chi connectivity index (χ3v) is 6.31. The van der Waals surface area contributed by atoms with Crippen LogP contribution in [0.5, 0.6) is 0 Å². The molecule has 3 fully saturated rings. The summed E-state index contributed by atoms with van der Waals surface area (Å²) in [5, 5.41) is 3.13. The van der Waals surface area contributed by atoms with Gasteiger partial charge in [0.05, 0.1) is 6.54 Å². The minimum absolute atomic E-state index is 0.282. The van der Waals surface area contributed by atoms with Crippen molar-refractivity contribution >= 4 is 104 Å². The van der Waals surface area contributed by atoms with E-state index in [1.165, 1.54) is 0 Å². The molecule has 142 valence electrons. The van der Waals surface area contributed by atoms with Crippen molar-refractivity contribution < 1.29 is 4.48 Å². The van der Waals surface area contributed by atoms with Crippen molar-refractivity contribution in [3.63, 3.8) is 0 Å². The number of nitrogens with zero attached hydrogens (tertiary/aromatic N) is 2. The van der Waals surface area contributed by atoms with Crippen LogP contribution < -0.4 is 5.32 Å². The first kappa shape index (κ1) is 22.8. The predicted octanol–water partition coefficient (Wildman–Crippen LogP) is 5.96. The summed E-state index contributed by atoms with van der Waals surface area (Å²) in [6, 6.07) is 0. The molecule has 0 aromatic heterocycles. The van der Waals surface area contributed by atoms with Gasteiger partial charge in [0, 0.05) is 0 Å². The molecule has 0 amide bonds. The molecular weight excluding hydrogens is 505 g/mol. The van der Waals surface area contributed by atoms with Crippen LogP contribution in [-0.4, -0.2) is 52.5 Å². The van der Waals surface area contributed by atoms with E-state index in [9.17, 15) is 0 Å². The van der Waals surface area contributed by atoms with E-state index in [-0.39, 0.29) is 4.48 Å². The number of unbranched alkanes of at least 4 members (excludes halogenated alkanes) is 2. The van der Waals surface area contributed by atoms with Gasteiger partial charge in [0.25, 0.3) is 7.59 Å². The lowest BCUT2D eigenvalue weighted by atomic mass is 10.0. The fourth-order valence-corrected chi connectivity index (χ4v) is 5.92. The average molecular weight is 522 g/mol. The monoisotopic (exact) mass is 518 g/mol. The highest BCUT2D eigenvalue weighted by Crippen LogP contribution is 2.55. The topological polar surface area (TPSA) is 15.3 Å². The highest BCUT2D eigenvalue weighted by atomic mass is 35.6. The van der Waals surface area contributed by atoms with Crippen LogP contribution in [0.2, 0.25) is 0 Å². The summed E-state index contributed by atoms with van der Waals surface area (Å²) in [5.41, 5.74) is 0. The summed E-state index contributed by atoms with van der Waals surface area (Å²) in [4.78, 5) is 1.80. The third kappa shape index (κ3) is 4.39. The van der Waals surface area contributed by atoms with Crippen LogP contribution in [0.25, 0.3) is 0 Å². The number of fused-ring (bicyclic) bond motifs is 2. The summed E-state index contributed by atoms with van der Waals surface area (Å²) in [7, 11) is 0. The Bertz CT molecular complexity index is 440. The van der Waals surface area contributed by atoms with Crippen LogP contribution in [0, 0.1) is 0 Å². The smallest absolute Gasteiger partial charge is 0.257 e. The van der Waals surface area contributed by atoms with Gasteiger partial charge in [-0.1, -0.05) is 118 Å². The SMILES string of the molecule is CCCCC[N+]12CN(C(C(Cl)(Cl)Cl)NC1C(Cl)(Cl)Cl)C2C(Cl)(Cl)Cl. The van der Waals surface area contributed by atoms with Crippen molar-refractivity contribution in [2.24, 2.45) is 0 Å². The molecule has 0 spiro atoms. The van der Waals surface area contributed by atoms with Crippen LogP contribution in [0.3, 0.4) is 0 Å². The number of hydrogen-bond donors (Lipinski definition) is 1. The molecule has 5 unspecified atom stereocenters. The first-order valence-electron chi connectivity index (χ1n) is 7.33. The quantitative estimate of drug-likeness (QED) is 0.279. The molecule has 3 rings (SSSR count). The molecule has 0 aliphatic carbocycles. The Morgan fingerprint density at radius 3 is 1.92 bits per heavy atom. The van der Waals surface area contributed by atoms with Gasteiger partial charge in [-0.25, -0.2) is 5.32 Å². The molecule has 0 saturated carbocycles. The number of hydrogen-bond acceptors (Lipinski definition) is 2. The van der Waals surface area contributed by atoms with Crippen LogP contribution in [0.1, 0.15) is 26.2 Å². The molecule has 0 aromatic carbocycles. The van der Waals surface area contributed by atoms with Crippen LogP contribution in [-0.2, 0) is 0 Å². The number of rotatable bonds is 4. The van der Waals surface area contributed by atoms with E-state index in [4.69, 9.17) is 104 Å². The van der Waals surface area contributed by atoms with E-state index in [2.05, 4.69) is 12.2 Å². The lowest BCUT2D eigenvalue weighted by Gasteiger charge is -2.70. The fourth-order valence-electron chi connectivity index (χ4n) is 3.62. The van der Waals surface area contributed by atoms with Crippen molar-refractivity contribution in [1.29, 1.82) is 0 Å². The van der Waals surface area contributed by atoms with Gasteiger partial charge in [0.15, 0.2) is 6.17 Å². The maximum atomic E-state index is 6.26. The highest BCUT2D eigenvalue weighted by molar-refractivity contribution is 6.69. The third-order valence-electron chi connectivity index (χ3n) is 4.48. The number of quaternary nitrogens is 1. The van der Waals surface area contributed by atoms with Gasteiger partial charge in [-0.05, 0) is 12.8 Å². The van der Waals surface area contributed by atoms with Gasteiger partial charge >= 0.3 is 0 Å². The summed E-state index contributed by atoms with van der Waals surface area (Å²) < 4.78 is -4.69. The second-order valence-electron chi connectivity index (χ2n) is 6.16. The van der Waals surface area contributed by atoms with Crippen molar-refractivity contribution in [3.05, 3.63) is 0 Å². The normalized spacial score (nSPS) is 37.2. The van der Waals surface area contributed by atoms with Crippen molar-refractivity contribution in [3.8, 4) is 0 Å². The van der Waals surface area contributed by atoms with Gasteiger partial charge in [-0.2, -0.15) is 4.90 Å². The van der Waals surface area contributed by atoms with Gasteiger partial charge in [0.1, 0.15) is 12.8 Å². The molecule has 0 radical (unpaired) electrons. The largest absolute Gasteiger partial charge is 0.274 e. The minimum atomic E-state index is -1.68. The fraction of sp³-hybridized carbons (Fsp3) is 1.00. The Kier molecular flexibility index (Phi) is 7.33. The zero-order valence-electron chi connectivity index (χ0n) is 12.6. The standard InChI is InChI=1S/C12H17Cl9N3/c1-2-3-4-5-24-6-23(9(24)12(19,20)21)7(10(13,14)15)22-8(24)11(16,17)18/h7-9,22H,2-6H2,1H3/q+1. The molecular formula is C12H17Cl9N3+. The molecule has 3 heterocycles. The van der Waals surface area contributed by atoms with E-state index in [1.807, 2.05) is 0 Å². The maximum absolute atomic E-state index is 6.26. The van der Waals surface area contributed by atoms with E-state index < -0.39 is 29.9 Å². The molecule has 3 aliphatic rings. The highest BCUT2D eigenvalue weighted by Gasteiger charge is 2.74. The van der Waals surface area contributed by atoms with Gasteiger partial charge in [0.2, 0.25) is 9.96 Å². The molecule has 3 nitrogen and oxygen atoms in total. The summed E-state index contributed by atoms with van der Waals surface area (Å²) >= 11 is 55.8. The molecule has 3 saturated heterocycles. The lowest BCUT2D eigenvalue weighted by Crippen LogP contribution is -2.95. The van der Waals surface area contributed by atoms with Gasteiger partial charge in [-0.3, -0.25) is 4.48 Å². The number of nitrogens with one attached hydrogen (secondary N) is 1. The summed E-state index contributed by atoms with van der Waals surface area (Å²) in [6.45, 7) is 3.25. The molecule has 5 atom stereocenters. The van der Waals surface area contributed by atoms with Crippen molar-refractivity contribution in [2.75, 3.05) is 13.2 Å². The molecule has 24 heavy (non-hydrogen) atoms. The van der Waals surface area contributed by atoms with Crippen LogP contribution >= 0.6 is 104 Å². The Balaban J connectivity index is 2.42. The zero-order valence-corrected chi connectivity index (χ0v) is 19.4. The summed E-state index contributed by atoms with van der Waals surface area (Å²) in [6.07, 6.45) is 0.971. The number of halogens is 9. The second kappa shape index (κ2) is 7.72. The Hall–Kier alpha value is 2.49. The van der Waals surface area contributed by atoms with E-state index >= 15 is 0 Å². The Morgan fingerprint density at radius 2 is 1.50 bits per heavy atom. The molecule has 2 bridgehead atoms. The first-order valence-corrected chi connectivity index (χ1v) is 10.7. The average Bonchev–Trinajstić information content (AvgIpc) is 2.33. The molecule has 3 aliphatic heterocycles. The number of alkyl halides is 9. The maximum Gasteiger partial charge on any atom is 0.257 e. The van der Waals surface area contributed by atoms with Gasteiger partial charge in [-0.15, -0.1) is 0 Å². The Morgan fingerprint density at radius 1 is 0.917 bits per heavy atom. The zero-order chi connectivity index (χ0) is 18.6. The van der Waals surface area contributed by atoms with Crippen molar-refractivity contribution in [1.82, 2.24) is 10.2 Å². The van der Waals surface area contributed by atoms with E-state index in [0.717, 1.165) is 19.3 Å². The molecule has 1 N–H and O–H groups in total. The Labute approximate surface area is 187 Å². The van der Waals surface area contributed by atoms with Gasteiger partial charge < -0.3 is 0 Å². The first-order chi connectivity index (χ1) is 10.7. The van der Waals surface area contributed by atoms with E-state index in [1.54, 1.807) is 4.90 Å². The molecule has 12 heteroatoms. The second-order valence-corrected chi connectivity index (χ2v) is 13.3. The minimum Gasteiger partial charge on any atom is -0.274 e. The lowest BCUT2D eigenvalue weighted by molar-refractivity contribution is -1.06. The summed E-state index contributed by atoms with van der Waals surface area (Å²) in [5.74, 6) is 0. The van der Waals surface area contributed by atoms with E-state index in [0.29, 0.717) is 13.2 Å². The van der Waals surface area contributed by atoms with Crippen molar-refractivity contribution in [2.45, 2.75) is 56.1 Å².